The fourth-order valence-electron chi connectivity index (χ4n) is 13.5. The van der Waals surface area contributed by atoms with Gasteiger partial charge >= 0.3 is 0 Å². The first-order chi connectivity index (χ1) is 34.2. The van der Waals surface area contributed by atoms with E-state index in [1.54, 1.807) is 0 Å². The Kier molecular flexibility index (Phi) is 7.26. The molecule has 2 aliphatic carbocycles. The molecule has 70 heavy (non-hydrogen) atoms. The van der Waals surface area contributed by atoms with E-state index >= 15 is 0 Å². The first kappa shape index (κ1) is 38.5. The van der Waals surface area contributed by atoms with Gasteiger partial charge in [-0.1, -0.05) is 161 Å². The molecule has 0 saturated heterocycles. The summed E-state index contributed by atoms with van der Waals surface area (Å²) in [5, 5.41) is 12.7. The van der Waals surface area contributed by atoms with Crippen LogP contribution in [0.1, 0.15) is 49.9 Å². The van der Waals surface area contributed by atoms with Crippen LogP contribution in [0.25, 0.3) is 132 Å². The Morgan fingerprint density at radius 2 is 0.800 bits per heavy atom. The number of benzene rings is 11. The summed E-state index contributed by atoms with van der Waals surface area (Å²) in [6, 6.07) is 78.5. The number of hydrogen-bond acceptors (Lipinski definition) is 0. The lowest BCUT2D eigenvalue weighted by molar-refractivity contribution is 0.660. The highest BCUT2D eigenvalue weighted by atomic mass is 15.0. The molecule has 2 nitrogen and oxygen atoms in total. The molecule has 16 rings (SSSR count). The van der Waals surface area contributed by atoms with Crippen LogP contribution in [0, 0.1) is 0 Å². The molecule has 3 heterocycles. The van der Waals surface area contributed by atoms with Gasteiger partial charge in [0.25, 0.3) is 0 Å². The van der Waals surface area contributed by atoms with Crippen LogP contribution in [0.5, 0.6) is 0 Å². The molecular weight excluding hydrogens is 845 g/mol. The van der Waals surface area contributed by atoms with Gasteiger partial charge in [0.15, 0.2) is 0 Å². The van der Waals surface area contributed by atoms with Crippen LogP contribution < -0.4 is 0 Å². The molecule has 3 aromatic heterocycles. The number of fused-ring (bicyclic) bond motifs is 18. The normalized spacial score (nSPS) is 14.5. The molecule has 0 atom stereocenters. The van der Waals surface area contributed by atoms with E-state index in [0.29, 0.717) is 0 Å². The van der Waals surface area contributed by atoms with Crippen molar-refractivity contribution in [3.05, 3.63) is 229 Å². The van der Waals surface area contributed by atoms with Crippen LogP contribution in [0.2, 0.25) is 0 Å². The third-order valence-electron chi connectivity index (χ3n) is 17.0. The summed E-state index contributed by atoms with van der Waals surface area (Å²) >= 11 is 0. The van der Waals surface area contributed by atoms with Crippen LogP contribution in [0.15, 0.2) is 206 Å². The van der Waals surface area contributed by atoms with Crippen molar-refractivity contribution in [1.82, 2.24) is 8.97 Å². The highest BCUT2D eigenvalue weighted by Gasteiger charge is 2.37. The average molecular weight is 891 g/mol. The maximum absolute atomic E-state index is 2.60. The zero-order chi connectivity index (χ0) is 46.4. The second-order valence-electron chi connectivity index (χ2n) is 21.3. The van der Waals surface area contributed by atoms with Crippen molar-refractivity contribution in [2.45, 2.75) is 38.5 Å². The standard InChI is InChI=1S/C68H46N2/c1-67(2)56-19-11-8-16-48(56)50-28-26-43(34-58(50)67)39-22-24-41-32-53-54-38-63-64(52-18-10-13-21-60(52)69(63)47-14-6-5-7-15-47)65-55-33-42-25-23-40(31-46(42)37-62(55)70(66(54)65)61(53)36-45(41)30-39)44-27-29-51-49-17-9-12-20-57(49)68(3,4)59(51)35-44/h5-38H,1-4H3. The van der Waals surface area contributed by atoms with Crippen molar-refractivity contribution in [1.29, 1.82) is 0 Å². The van der Waals surface area contributed by atoms with Gasteiger partial charge in [0, 0.05) is 48.8 Å². The summed E-state index contributed by atoms with van der Waals surface area (Å²) in [5.74, 6) is 0. The summed E-state index contributed by atoms with van der Waals surface area (Å²) < 4.78 is 5.08. The molecule has 0 N–H and O–H groups in total. The minimum absolute atomic E-state index is 0.0569. The summed E-state index contributed by atoms with van der Waals surface area (Å²) in [4.78, 5) is 0. The Morgan fingerprint density at radius 1 is 0.300 bits per heavy atom. The molecule has 0 bridgehead atoms. The highest BCUT2D eigenvalue weighted by Crippen LogP contribution is 2.52. The number of rotatable bonds is 3. The second kappa shape index (κ2) is 13.2. The highest BCUT2D eigenvalue weighted by molar-refractivity contribution is 6.37. The van der Waals surface area contributed by atoms with E-state index in [9.17, 15) is 0 Å². The van der Waals surface area contributed by atoms with Crippen molar-refractivity contribution in [2.75, 3.05) is 0 Å². The van der Waals surface area contributed by atoms with Crippen LogP contribution in [0.3, 0.4) is 0 Å². The smallest absolute Gasteiger partial charge is 0.0628 e. The van der Waals surface area contributed by atoms with Crippen LogP contribution in [-0.2, 0) is 10.8 Å². The third-order valence-corrected chi connectivity index (χ3v) is 17.0. The first-order valence-electron chi connectivity index (χ1n) is 24.8. The largest absolute Gasteiger partial charge is 0.309 e. The minimum Gasteiger partial charge on any atom is -0.309 e. The van der Waals surface area contributed by atoms with Gasteiger partial charge in [0.2, 0.25) is 0 Å². The summed E-state index contributed by atoms with van der Waals surface area (Å²) in [7, 11) is 0. The van der Waals surface area contributed by atoms with E-state index in [-0.39, 0.29) is 10.8 Å². The van der Waals surface area contributed by atoms with Gasteiger partial charge in [-0.05, 0) is 161 Å². The molecule has 2 heteroatoms. The Hall–Kier alpha value is -8.46. The van der Waals surface area contributed by atoms with Crippen LogP contribution >= 0.6 is 0 Å². The molecule has 2 aliphatic rings. The fourth-order valence-corrected chi connectivity index (χ4v) is 13.5. The van der Waals surface area contributed by atoms with Gasteiger partial charge in [-0.15, -0.1) is 0 Å². The number of para-hydroxylation sites is 2. The van der Waals surface area contributed by atoms with Crippen LogP contribution in [-0.4, -0.2) is 8.97 Å². The molecule has 0 aliphatic heterocycles. The lowest BCUT2D eigenvalue weighted by Gasteiger charge is -2.22. The van der Waals surface area contributed by atoms with Gasteiger partial charge in [0.1, 0.15) is 0 Å². The molecule has 0 fully saturated rings. The van der Waals surface area contributed by atoms with E-state index in [1.807, 2.05) is 0 Å². The van der Waals surface area contributed by atoms with Gasteiger partial charge in [0.05, 0.1) is 27.6 Å². The Bertz CT molecular complexity index is 4630. The number of hydrogen-bond donors (Lipinski definition) is 0. The minimum atomic E-state index is -0.0588. The quantitative estimate of drug-likeness (QED) is 0.167. The van der Waals surface area contributed by atoms with Crippen molar-refractivity contribution in [3.63, 3.8) is 0 Å². The Balaban J connectivity index is 0.956. The zero-order valence-electron chi connectivity index (χ0n) is 39.5. The molecule has 0 radical (unpaired) electrons. The molecule has 14 aromatic rings. The van der Waals surface area contributed by atoms with Gasteiger partial charge in [-0.25, -0.2) is 0 Å². The third kappa shape index (κ3) is 4.88. The Morgan fingerprint density at radius 3 is 1.43 bits per heavy atom. The van der Waals surface area contributed by atoms with Gasteiger partial charge in [-0.3, -0.25) is 0 Å². The number of nitrogens with zero attached hydrogens (tertiary/aromatic N) is 2. The summed E-state index contributed by atoms with van der Waals surface area (Å²) in [6.07, 6.45) is 0. The topological polar surface area (TPSA) is 9.34 Å². The van der Waals surface area contributed by atoms with Crippen molar-refractivity contribution in [3.8, 4) is 50.2 Å². The van der Waals surface area contributed by atoms with Crippen LogP contribution in [0.4, 0.5) is 0 Å². The lowest BCUT2D eigenvalue weighted by atomic mass is 9.81. The number of aromatic nitrogens is 2. The molecule has 0 saturated carbocycles. The molecule has 0 unspecified atom stereocenters. The first-order valence-corrected chi connectivity index (χ1v) is 24.8. The van der Waals surface area contributed by atoms with E-state index in [1.165, 1.54) is 154 Å². The van der Waals surface area contributed by atoms with E-state index < -0.39 is 0 Å². The van der Waals surface area contributed by atoms with Crippen molar-refractivity contribution < 1.29 is 0 Å². The van der Waals surface area contributed by atoms with E-state index in [2.05, 4.69) is 243 Å². The lowest BCUT2D eigenvalue weighted by Crippen LogP contribution is -2.14. The molecule has 328 valence electrons. The van der Waals surface area contributed by atoms with Crippen molar-refractivity contribution >= 4 is 81.4 Å². The van der Waals surface area contributed by atoms with Crippen molar-refractivity contribution in [2.24, 2.45) is 0 Å². The Labute approximate surface area is 405 Å². The fraction of sp³-hybridized carbons (Fsp3) is 0.0882. The second-order valence-corrected chi connectivity index (χ2v) is 21.3. The molecule has 0 spiro atoms. The van der Waals surface area contributed by atoms with E-state index in [4.69, 9.17) is 0 Å². The van der Waals surface area contributed by atoms with Gasteiger partial charge in [-0.2, -0.15) is 0 Å². The monoisotopic (exact) mass is 890 g/mol. The summed E-state index contributed by atoms with van der Waals surface area (Å²) in [5.41, 5.74) is 23.3. The van der Waals surface area contributed by atoms with Gasteiger partial charge < -0.3 is 8.97 Å². The molecular formula is C68H46N2. The SMILES string of the molecule is CC1(C)c2ccccc2-c2ccc(-c3ccc4cc5c6cc7c(c8ccccc8n7-c7ccccc7)c7c8cc9ccc(-c%10ccc%11c(c%10)C(C)(C)c%10ccccc%10-%11)cc9cc8n(c5cc4c3)c67)cc21. The maximum Gasteiger partial charge on any atom is 0.0628 e. The van der Waals surface area contributed by atoms with E-state index in [0.717, 1.165) is 0 Å². The zero-order valence-corrected chi connectivity index (χ0v) is 39.5. The average Bonchev–Trinajstić information content (AvgIpc) is 4.13. The predicted molar refractivity (Wildman–Crippen MR) is 296 cm³/mol. The molecule has 0 amide bonds. The molecule has 11 aromatic carbocycles. The maximum atomic E-state index is 2.60. The summed E-state index contributed by atoms with van der Waals surface area (Å²) in [6.45, 7) is 9.48. The predicted octanol–water partition coefficient (Wildman–Crippen LogP) is 18.2.